The minimum Gasteiger partial charge on any atom is -0.468 e. The highest BCUT2D eigenvalue weighted by molar-refractivity contribution is 9.10. The summed E-state index contributed by atoms with van der Waals surface area (Å²) in [6.45, 7) is 0.285. The number of hydrogen-bond acceptors (Lipinski definition) is 5. The maximum absolute atomic E-state index is 12.2. The van der Waals surface area contributed by atoms with Crippen LogP contribution in [0.2, 0.25) is 0 Å². The second-order valence-electron chi connectivity index (χ2n) is 5.15. The Morgan fingerprint density at radius 2 is 1.74 bits per heavy atom. The van der Waals surface area contributed by atoms with Gasteiger partial charge < -0.3 is 9.47 Å². The van der Waals surface area contributed by atoms with E-state index in [-0.39, 0.29) is 18.4 Å². The molecule has 6 nitrogen and oxygen atoms in total. The molecule has 0 bridgehead atoms. The van der Waals surface area contributed by atoms with Crippen molar-refractivity contribution in [2.45, 2.75) is 23.8 Å². The molecule has 0 aromatic heterocycles. The number of rotatable bonds is 7. The van der Waals surface area contributed by atoms with Gasteiger partial charge in [-0.3, -0.25) is 19.3 Å². The van der Waals surface area contributed by atoms with Gasteiger partial charge in [0.2, 0.25) is 0 Å². The van der Waals surface area contributed by atoms with Crippen LogP contribution < -0.4 is 0 Å². The number of halogens is 1. The van der Waals surface area contributed by atoms with Crippen LogP contribution in [0.1, 0.15) is 33.6 Å². The smallest absolute Gasteiger partial charge is 0.322 e. The van der Waals surface area contributed by atoms with E-state index >= 15 is 0 Å². The summed E-state index contributed by atoms with van der Waals surface area (Å²) in [4.78, 5) is 36.6. The fourth-order valence-corrected chi connectivity index (χ4v) is 3.21. The fraction of sp³-hybridized carbons (Fsp3) is 0.438. The zero-order valence-electron chi connectivity index (χ0n) is 13.0. The average molecular weight is 384 g/mol. The first-order chi connectivity index (χ1) is 11.0. The van der Waals surface area contributed by atoms with Gasteiger partial charge in [0.1, 0.15) is 4.83 Å². The second kappa shape index (κ2) is 7.70. The van der Waals surface area contributed by atoms with Crippen LogP contribution in [-0.4, -0.2) is 54.4 Å². The van der Waals surface area contributed by atoms with Gasteiger partial charge in [0.25, 0.3) is 11.8 Å². The molecular formula is C16H18BrNO5. The molecule has 1 aromatic carbocycles. The Hall–Kier alpha value is -1.73. The van der Waals surface area contributed by atoms with Crippen molar-refractivity contribution in [2.75, 3.05) is 20.8 Å². The first-order valence-electron chi connectivity index (χ1n) is 7.21. The molecule has 0 N–H and O–H groups in total. The Kier molecular flexibility index (Phi) is 5.90. The van der Waals surface area contributed by atoms with E-state index in [2.05, 4.69) is 20.7 Å². The Morgan fingerprint density at radius 3 is 2.22 bits per heavy atom. The summed E-state index contributed by atoms with van der Waals surface area (Å²) < 4.78 is 9.95. The van der Waals surface area contributed by atoms with Crippen LogP contribution in [0, 0.1) is 0 Å². The number of amides is 2. The van der Waals surface area contributed by atoms with Crippen LogP contribution in [0.5, 0.6) is 0 Å². The lowest BCUT2D eigenvalue weighted by atomic mass is 10.1. The molecule has 0 saturated carbocycles. The van der Waals surface area contributed by atoms with E-state index in [0.717, 1.165) is 0 Å². The van der Waals surface area contributed by atoms with Crippen molar-refractivity contribution >= 4 is 33.7 Å². The molecule has 0 aliphatic carbocycles. The Bertz CT molecular complexity index is 583. The summed E-state index contributed by atoms with van der Waals surface area (Å²) in [7, 11) is 2.81. The molecule has 2 rings (SSSR count). The molecular weight excluding hydrogens is 366 g/mol. The zero-order chi connectivity index (χ0) is 17.0. The molecule has 2 amide bonds. The molecule has 1 aliphatic heterocycles. The SMILES string of the molecule is COC(=O)[C@H](Br)[C@@H](CCCN1C(=O)c2ccccc2C1=O)OC. The molecule has 2 atom stereocenters. The molecule has 0 saturated heterocycles. The summed E-state index contributed by atoms with van der Waals surface area (Å²) in [5.74, 6) is -0.969. The second-order valence-corrected chi connectivity index (χ2v) is 6.14. The third-order valence-electron chi connectivity index (χ3n) is 3.80. The van der Waals surface area contributed by atoms with Crippen LogP contribution >= 0.6 is 15.9 Å². The van der Waals surface area contributed by atoms with Crippen molar-refractivity contribution in [2.24, 2.45) is 0 Å². The molecule has 7 heteroatoms. The molecule has 0 unspecified atom stereocenters. The van der Waals surface area contributed by atoms with Gasteiger partial charge in [-0.25, -0.2) is 0 Å². The highest BCUT2D eigenvalue weighted by Gasteiger charge is 2.35. The molecule has 23 heavy (non-hydrogen) atoms. The number of fused-ring (bicyclic) bond motifs is 1. The van der Waals surface area contributed by atoms with E-state index in [0.29, 0.717) is 24.0 Å². The summed E-state index contributed by atoms with van der Waals surface area (Å²) in [6.07, 6.45) is 0.649. The molecule has 1 heterocycles. The molecule has 0 fully saturated rings. The zero-order valence-corrected chi connectivity index (χ0v) is 14.5. The van der Waals surface area contributed by atoms with Crippen molar-refractivity contribution in [1.29, 1.82) is 0 Å². The normalized spacial score (nSPS) is 16.2. The quantitative estimate of drug-likeness (QED) is 0.409. The summed E-state index contributed by atoms with van der Waals surface area (Å²) in [6, 6.07) is 6.78. The van der Waals surface area contributed by atoms with Crippen molar-refractivity contribution in [3.63, 3.8) is 0 Å². The third kappa shape index (κ3) is 3.61. The Morgan fingerprint density at radius 1 is 1.17 bits per heavy atom. The lowest BCUT2D eigenvalue weighted by molar-refractivity contribution is -0.142. The number of benzene rings is 1. The maximum Gasteiger partial charge on any atom is 0.322 e. The topological polar surface area (TPSA) is 72.9 Å². The van der Waals surface area contributed by atoms with Gasteiger partial charge in [-0.05, 0) is 25.0 Å². The predicted molar refractivity (Wildman–Crippen MR) is 86.6 cm³/mol. The van der Waals surface area contributed by atoms with Gasteiger partial charge in [-0.15, -0.1) is 0 Å². The minimum atomic E-state index is -0.584. The molecule has 1 aromatic rings. The lowest BCUT2D eigenvalue weighted by Gasteiger charge is -2.20. The van der Waals surface area contributed by atoms with Gasteiger partial charge in [0.15, 0.2) is 0 Å². The van der Waals surface area contributed by atoms with E-state index in [4.69, 9.17) is 4.74 Å². The van der Waals surface area contributed by atoms with E-state index < -0.39 is 16.9 Å². The standard InChI is InChI=1S/C16H18BrNO5/c1-22-12(13(17)16(21)23-2)8-5-9-18-14(19)10-6-3-4-7-11(10)15(18)20/h3-4,6-7,12-13H,5,8-9H2,1-2H3/t12-,13-/m1/s1. The number of hydrogen-bond donors (Lipinski definition) is 0. The number of nitrogens with zero attached hydrogens (tertiary/aromatic N) is 1. The summed E-state index contributed by atoms with van der Waals surface area (Å²) >= 11 is 3.24. The lowest BCUT2D eigenvalue weighted by Crippen LogP contribution is -2.34. The molecule has 124 valence electrons. The van der Waals surface area contributed by atoms with Crippen LogP contribution in [0.4, 0.5) is 0 Å². The number of carbonyl (C=O) groups is 3. The van der Waals surface area contributed by atoms with E-state index in [1.165, 1.54) is 19.1 Å². The van der Waals surface area contributed by atoms with Crippen molar-refractivity contribution in [1.82, 2.24) is 4.90 Å². The number of esters is 1. The van der Waals surface area contributed by atoms with Crippen molar-refractivity contribution in [3.8, 4) is 0 Å². The van der Waals surface area contributed by atoms with Crippen molar-refractivity contribution < 1.29 is 23.9 Å². The highest BCUT2D eigenvalue weighted by atomic mass is 79.9. The Balaban J connectivity index is 1.93. The minimum absolute atomic E-state index is 0.275. The van der Waals surface area contributed by atoms with Crippen LogP contribution in [0.25, 0.3) is 0 Å². The van der Waals surface area contributed by atoms with Gasteiger partial charge in [0, 0.05) is 13.7 Å². The van der Waals surface area contributed by atoms with E-state index in [1.807, 2.05) is 0 Å². The van der Waals surface area contributed by atoms with Gasteiger partial charge in [-0.1, -0.05) is 28.1 Å². The van der Waals surface area contributed by atoms with Crippen molar-refractivity contribution in [3.05, 3.63) is 35.4 Å². The summed E-state index contributed by atoms with van der Waals surface area (Å²) in [5.41, 5.74) is 0.877. The number of imide groups is 1. The summed E-state index contributed by atoms with van der Waals surface area (Å²) in [5, 5.41) is 0. The number of carbonyl (C=O) groups excluding carboxylic acids is 3. The van der Waals surface area contributed by atoms with E-state index in [9.17, 15) is 14.4 Å². The molecule has 0 spiro atoms. The van der Waals surface area contributed by atoms with Crippen LogP contribution in [-0.2, 0) is 14.3 Å². The molecule has 1 aliphatic rings. The van der Waals surface area contributed by atoms with E-state index in [1.54, 1.807) is 24.3 Å². The maximum atomic E-state index is 12.2. The predicted octanol–water partition coefficient (Wildman–Crippen LogP) is 2.01. The van der Waals surface area contributed by atoms with Gasteiger partial charge in [-0.2, -0.15) is 0 Å². The van der Waals surface area contributed by atoms with Crippen LogP contribution in [0.3, 0.4) is 0 Å². The fourth-order valence-electron chi connectivity index (χ4n) is 2.54. The molecule has 0 radical (unpaired) electrons. The van der Waals surface area contributed by atoms with Gasteiger partial charge in [0.05, 0.1) is 24.3 Å². The van der Waals surface area contributed by atoms with Crippen LogP contribution in [0.15, 0.2) is 24.3 Å². The number of alkyl halides is 1. The first-order valence-corrected chi connectivity index (χ1v) is 8.12. The van der Waals surface area contributed by atoms with Gasteiger partial charge >= 0.3 is 5.97 Å². The highest BCUT2D eigenvalue weighted by Crippen LogP contribution is 2.23. The monoisotopic (exact) mass is 383 g/mol. The Labute approximate surface area is 142 Å². The third-order valence-corrected chi connectivity index (χ3v) is 4.77. The number of methoxy groups -OCH3 is 2. The first kappa shape index (κ1) is 17.6. The number of ether oxygens (including phenoxy) is 2. The largest absolute Gasteiger partial charge is 0.468 e. The average Bonchev–Trinajstić information content (AvgIpc) is 2.82.